The molecule has 1 fully saturated rings. The Balaban J connectivity index is 2.68. The highest BCUT2D eigenvalue weighted by Crippen LogP contribution is 2.32. The van der Waals surface area contributed by atoms with Gasteiger partial charge in [-0.3, -0.25) is 4.99 Å². The van der Waals surface area contributed by atoms with Crippen LogP contribution in [-0.4, -0.2) is 38.3 Å². The molecule has 1 aliphatic heterocycles. The van der Waals surface area contributed by atoms with E-state index in [0.717, 1.165) is 5.84 Å². The van der Waals surface area contributed by atoms with Crippen LogP contribution in [0.1, 0.15) is 20.8 Å². The summed E-state index contributed by atoms with van der Waals surface area (Å²) >= 11 is 0. The normalized spacial score (nSPS) is 35.4. The summed E-state index contributed by atoms with van der Waals surface area (Å²) in [6, 6.07) is 0. The standard InChI is InChI=1S/C11H23N3O2/c1-7-8(2)16-9(3)10(7)11(14-12)13-5-6-15-4/h7-10H,5-6,12H2,1-4H3,(H,13,14). The number of amidine groups is 1. The van der Waals surface area contributed by atoms with Gasteiger partial charge in [0.05, 0.1) is 25.4 Å². The second-order valence-electron chi connectivity index (χ2n) is 4.34. The van der Waals surface area contributed by atoms with Gasteiger partial charge in [0.2, 0.25) is 0 Å². The van der Waals surface area contributed by atoms with Crippen molar-refractivity contribution in [2.75, 3.05) is 20.3 Å². The Morgan fingerprint density at radius 2 is 2.06 bits per heavy atom. The van der Waals surface area contributed by atoms with Gasteiger partial charge in [-0.15, -0.1) is 0 Å². The van der Waals surface area contributed by atoms with Crippen LogP contribution in [-0.2, 0) is 9.47 Å². The maximum Gasteiger partial charge on any atom is 0.116 e. The molecule has 0 spiro atoms. The maximum absolute atomic E-state index is 5.77. The zero-order chi connectivity index (χ0) is 12.1. The molecular formula is C11H23N3O2. The molecular weight excluding hydrogens is 206 g/mol. The number of aliphatic imine (C=N–C) groups is 1. The molecule has 1 heterocycles. The molecule has 0 aromatic heterocycles. The van der Waals surface area contributed by atoms with Gasteiger partial charge in [0.25, 0.3) is 0 Å². The third-order valence-electron chi connectivity index (χ3n) is 3.28. The van der Waals surface area contributed by atoms with Gasteiger partial charge in [0.15, 0.2) is 0 Å². The average molecular weight is 229 g/mol. The van der Waals surface area contributed by atoms with Crippen molar-refractivity contribution in [3.63, 3.8) is 0 Å². The summed E-state index contributed by atoms with van der Waals surface area (Å²) in [4.78, 5) is 4.42. The van der Waals surface area contributed by atoms with Crippen molar-refractivity contribution >= 4 is 5.84 Å². The number of methoxy groups -OCH3 is 1. The van der Waals surface area contributed by atoms with Crippen molar-refractivity contribution in [2.24, 2.45) is 22.7 Å². The quantitative estimate of drug-likeness (QED) is 0.243. The SMILES string of the molecule is COCCN=C(NN)C1C(C)OC(C)C1C. The van der Waals surface area contributed by atoms with E-state index in [4.69, 9.17) is 15.3 Å². The lowest BCUT2D eigenvalue weighted by molar-refractivity contribution is 0.0549. The van der Waals surface area contributed by atoms with E-state index >= 15 is 0 Å². The molecule has 1 aliphatic rings. The van der Waals surface area contributed by atoms with E-state index in [2.05, 4.69) is 31.2 Å². The highest BCUT2D eigenvalue weighted by atomic mass is 16.5. The fourth-order valence-corrected chi connectivity index (χ4v) is 2.24. The zero-order valence-corrected chi connectivity index (χ0v) is 10.6. The number of ether oxygens (including phenoxy) is 2. The first kappa shape index (κ1) is 13.4. The van der Waals surface area contributed by atoms with Crippen LogP contribution in [0.15, 0.2) is 4.99 Å². The zero-order valence-electron chi connectivity index (χ0n) is 10.6. The predicted octanol–water partition coefficient (Wildman–Crippen LogP) is 0.554. The Labute approximate surface area is 97.4 Å². The number of rotatable bonds is 4. The van der Waals surface area contributed by atoms with Gasteiger partial charge in [-0.05, 0) is 19.8 Å². The number of nitrogens with two attached hydrogens (primary N) is 1. The first-order valence-corrected chi connectivity index (χ1v) is 5.77. The number of hydrazine groups is 1. The fourth-order valence-electron chi connectivity index (χ4n) is 2.24. The first-order chi connectivity index (χ1) is 7.61. The Bertz CT molecular complexity index is 245. The monoisotopic (exact) mass is 229 g/mol. The van der Waals surface area contributed by atoms with Crippen LogP contribution in [0.3, 0.4) is 0 Å². The van der Waals surface area contributed by atoms with Crippen molar-refractivity contribution in [1.82, 2.24) is 5.43 Å². The molecule has 0 aromatic carbocycles. The highest BCUT2D eigenvalue weighted by Gasteiger charge is 2.39. The number of hydrogen-bond acceptors (Lipinski definition) is 4. The van der Waals surface area contributed by atoms with E-state index in [1.165, 1.54) is 0 Å². The third-order valence-corrected chi connectivity index (χ3v) is 3.28. The van der Waals surface area contributed by atoms with E-state index < -0.39 is 0 Å². The molecule has 0 aromatic rings. The Hall–Kier alpha value is -0.650. The number of nitrogens with one attached hydrogen (secondary N) is 1. The molecule has 1 saturated heterocycles. The van der Waals surface area contributed by atoms with Gasteiger partial charge >= 0.3 is 0 Å². The van der Waals surface area contributed by atoms with Crippen LogP contribution in [0.25, 0.3) is 0 Å². The molecule has 4 atom stereocenters. The topological polar surface area (TPSA) is 68.9 Å². The van der Waals surface area contributed by atoms with E-state index in [0.29, 0.717) is 19.1 Å². The lowest BCUT2D eigenvalue weighted by Gasteiger charge is -2.20. The van der Waals surface area contributed by atoms with Gasteiger partial charge in [-0.1, -0.05) is 6.92 Å². The molecule has 5 heteroatoms. The fraction of sp³-hybridized carbons (Fsp3) is 0.909. The molecule has 5 nitrogen and oxygen atoms in total. The highest BCUT2D eigenvalue weighted by molar-refractivity contribution is 5.85. The van der Waals surface area contributed by atoms with Crippen LogP contribution in [0.5, 0.6) is 0 Å². The van der Waals surface area contributed by atoms with Crippen molar-refractivity contribution in [3.8, 4) is 0 Å². The van der Waals surface area contributed by atoms with Gasteiger partial charge in [-0.25, -0.2) is 5.84 Å². The summed E-state index contributed by atoms with van der Waals surface area (Å²) in [7, 11) is 1.66. The van der Waals surface area contributed by atoms with Gasteiger partial charge in [-0.2, -0.15) is 0 Å². The van der Waals surface area contributed by atoms with Crippen LogP contribution in [0.4, 0.5) is 0 Å². The molecule has 94 valence electrons. The minimum atomic E-state index is 0.155. The summed E-state index contributed by atoms with van der Waals surface area (Å²) in [5.74, 6) is 7.02. The average Bonchev–Trinajstić information content (AvgIpc) is 2.50. The summed E-state index contributed by atoms with van der Waals surface area (Å²) in [5, 5.41) is 0. The molecule has 16 heavy (non-hydrogen) atoms. The maximum atomic E-state index is 5.77. The summed E-state index contributed by atoms with van der Waals surface area (Å²) < 4.78 is 10.7. The molecule has 0 saturated carbocycles. The third kappa shape index (κ3) is 2.93. The smallest absolute Gasteiger partial charge is 0.116 e. The largest absolute Gasteiger partial charge is 0.383 e. The Kier molecular flexibility index (Phi) is 5.18. The van der Waals surface area contributed by atoms with E-state index in [-0.39, 0.29) is 18.1 Å². The van der Waals surface area contributed by atoms with Crippen molar-refractivity contribution < 1.29 is 9.47 Å². The van der Waals surface area contributed by atoms with E-state index in [1.54, 1.807) is 7.11 Å². The predicted molar refractivity (Wildman–Crippen MR) is 64.2 cm³/mol. The van der Waals surface area contributed by atoms with Crippen LogP contribution in [0.2, 0.25) is 0 Å². The Morgan fingerprint density at radius 3 is 2.50 bits per heavy atom. The van der Waals surface area contributed by atoms with Crippen molar-refractivity contribution in [1.29, 1.82) is 0 Å². The molecule has 0 radical (unpaired) electrons. The van der Waals surface area contributed by atoms with Gasteiger partial charge < -0.3 is 14.9 Å². The first-order valence-electron chi connectivity index (χ1n) is 5.77. The van der Waals surface area contributed by atoms with Crippen LogP contribution >= 0.6 is 0 Å². The molecule has 4 unspecified atom stereocenters. The second kappa shape index (κ2) is 6.18. The summed E-state index contributed by atoms with van der Waals surface area (Å²) in [6.45, 7) is 7.55. The Morgan fingerprint density at radius 1 is 1.38 bits per heavy atom. The lowest BCUT2D eigenvalue weighted by Crippen LogP contribution is -2.41. The minimum absolute atomic E-state index is 0.155. The van der Waals surface area contributed by atoms with Gasteiger partial charge in [0, 0.05) is 13.0 Å². The van der Waals surface area contributed by atoms with E-state index in [9.17, 15) is 0 Å². The molecule has 0 amide bonds. The summed E-state index contributed by atoms with van der Waals surface area (Å²) in [5.41, 5.74) is 2.70. The lowest BCUT2D eigenvalue weighted by atomic mass is 9.88. The number of hydrogen-bond donors (Lipinski definition) is 2. The van der Waals surface area contributed by atoms with Crippen LogP contribution < -0.4 is 11.3 Å². The summed E-state index contributed by atoms with van der Waals surface area (Å²) in [6.07, 6.45) is 0.406. The second-order valence-corrected chi connectivity index (χ2v) is 4.34. The molecule has 0 bridgehead atoms. The van der Waals surface area contributed by atoms with Crippen molar-refractivity contribution in [2.45, 2.75) is 33.0 Å². The molecule has 0 aliphatic carbocycles. The number of nitrogens with zero attached hydrogens (tertiary/aromatic N) is 1. The molecule has 3 N–H and O–H groups in total. The van der Waals surface area contributed by atoms with Gasteiger partial charge in [0.1, 0.15) is 5.84 Å². The minimum Gasteiger partial charge on any atom is -0.383 e. The molecule has 1 rings (SSSR count). The van der Waals surface area contributed by atoms with Crippen LogP contribution in [0, 0.1) is 11.8 Å². The van der Waals surface area contributed by atoms with Crippen molar-refractivity contribution in [3.05, 3.63) is 0 Å². The van der Waals surface area contributed by atoms with E-state index in [1.807, 2.05) is 0 Å².